The van der Waals surface area contributed by atoms with Crippen molar-refractivity contribution in [2.24, 2.45) is 12.0 Å². The molecule has 6 nitrogen and oxygen atoms in total. The maximum atomic E-state index is 4.71. The maximum absolute atomic E-state index is 4.71. The normalized spacial score (nSPS) is 15.9. The van der Waals surface area contributed by atoms with Crippen LogP contribution in [0.15, 0.2) is 46.1 Å². The molecule has 1 aromatic heterocycles. The fourth-order valence-corrected chi connectivity index (χ4v) is 3.59. The largest absolute Gasteiger partial charge is 0.357 e. The van der Waals surface area contributed by atoms with E-state index in [1.165, 1.54) is 5.56 Å². The first-order valence-corrected chi connectivity index (χ1v) is 10.4. The lowest BCUT2D eigenvalue weighted by molar-refractivity contribution is 0.198. The molecule has 0 atom stereocenters. The number of likely N-dealkylation sites (tertiary alicyclic amines) is 1. The number of piperidine rings is 1. The number of aliphatic imine (C=N–C) groups is 1. The van der Waals surface area contributed by atoms with E-state index in [0.29, 0.717) is 12.6 Å². The van der Waals surface area contributed by atoms with Gasteiger partial charge in [-0.15, -0.1) is 24.0 Å². The molecule has 0 amide bonds. The summed E-state index contributed by atoms with van der Waals surface area (Å²) in [5.74, 6) is 0.896. The molecule has 0 saturated carbocycles. The minimum atomic E-state index is 0. The Morgan fingerprint density at radius 2 is 1.93 bits per heavy atom. The van der Waals surface area contributed by atoms with Crippen LogP contribution in [0.25, 0.3) is 0 Å². The minimum Gasteiger partial charge on any atom is -0.357 e. The topological polar surface area (TPSA) is 57.5 Å². The molecule has 0 spiro atoms. The van der Waals surface area contributed by atoms with Gasteiger partial charge in [0.25, 0.3) is 0 Å². The number of hydrogen-bond acceptors (Lipinski definition) is 3. The van der Waals surface area contributed by atoms with Crippen molar-refractivity contribution >= 4 is 45.9 Å². The van der Waals surface area contributed by atoms with Crippen molar-refractivity contribution in [1.29, 1.82) is 0 Å². The third-order valence-corrected chi connectivity index (χ3v) is 5.30. The lowest BCUT2D eigenvalue weighted by atomic mass is 10.0. The Morgan fingerprint density at radius 3 is 2.54 bits per heavy atom. The molecule has 2 aromatic rings. The van der Waals surface area contributed by atoms with E-state index >= 15 is 0 Å². The van der Waals surface area contributed by atoms with Crippen LogP contribution in [0.2, 0.25) is 0 Å². The second kappa shape index (κ2) is 11.8. The molecule has 1 aromatic carbocycles. The maximum Gasteiger partial charge on any atom is 0.191 e. The predicted octanol–water partition coefficient (Wildman–Crippen LogP) is 3.52. The van der Waals surface area contributed by atoms with Crippen molar-refractivity contribution in [3.8, 4) is 0 Å². The fourth-order valence-electron chi connectivity index (χ4n) is 3.32. The van der Waals surface area contributed by atoms with Gasteiger partial charge in [0.2, 0.25) is 0 Å². The van der Waals surface area contributed by atoms with Gasteiger partial charge in [0.1, 0.15) is 0 Å². The van der Waals surface area contributed by atoms with Crippen LogP contribution in [0.4, 0.5) is 0 Å². The molecule has 0 unspecified atom stereocenters. The summed E-state index contributed by atoms with van der Waals surface area (Å²) < 4.78 is 2.95. The van der Waals surface area contributed by atoms with Crippen LogP contribution >= 0.6 is 39.9 Å². The first-order valence-electron chi connectivity index (χ1n) is 9.61. The Balaban J connectivity index is 0.00000280. The number of rotatable bonds is 6. The van der Waals surface area contributed by atoms with E-state index in [1.807, 2.05) is 24.1 Å². The Labute approximate surface area is 193 Å². The van der Waals surface area contributed by atoms with Crippen LogP contribution in [0.5, 0.6) is 0 Å². The van der Waals surface area contributed by atoms with Crippen LogP contribution in [0.1, 0.15) is 30.9 Å². The average molecular weight is 561 g/mol. The Kier molecular flexibility index (Phi) is 9.73. The van der Waals surface area contributed by atoms with Crippen LogP contribution in [0.3, 0.4) is 0 Å². The predicted molar refractivity (Wildman–Crippen MR) is 129 cm³/mol. The van der Waals surface area contributed by atoms with Crippen molar-refractivity contribution < 1.29 is 0 Å². The summed E-state index contributed by atoms with van der Waals surface area (Å²) in [5.41, 5.74) is 2.50. The molecular weight excluding hydrogens is 531 g/mol. The van der Waals surface area contributed by atoms with Gasteiger partial charge in [0.05, 0.1) is 12.7 Å². The smallest absolute Gasteiger partial charge is 0.191 e. The van der Waals surface area contributed by atoms with Gasteiger partial charge in [-0.1, -0.05) is 28.1 Å². The van der Waals surface area contributed by atoms with Crippen molar-refractivity contribution in [1.82, 2.24) is 25.3 Å². The van der Waals surface area contributed by atoms with Crippen molar-refractivity contribution in [3.05, 3.63) is 52.3 Å². The van der Waals surface area contributed by atoms with E-state index in [4.69, 9.17) is 4.99 Å². The Bertz CT molecular complexity index is 737. The van der Waals surface area contributed by atoms with Crippen LogP contribution in [-0.4, -0.2) is 46.3 Å². The molecule has 2 N–H and O–H groups in total. The molecule has 8 heteroatoms. The Morgan fingerprint density at radius 1 is 1.21 bits per heavy atom. The highest BCUT2D eigenvalue weighted by molar-refractivity contribution is 14.0. The van der Waals surface area contributed by atoms with Crippen molar-refractivity contribution in [2.45, 2.75) is 38.9 Å². The SMILES string of the molecule is CCNC(=NCc1cnn(C)c1)NC1CCN(Cc2ccc(Br)cc2)CC1.I. The molecule has 1 aliphatic rings. The fraction of sp³-hybridized carbons (Fsp3) is 0.500. The third-order valence-electron chi connectivity index (χ3n) is 4.77. The zero-order valence-corrected chi connectivity index (χ0v) is 20.5. The molecule has 0 aliphatic carbocycles. The molecular formula is C20H30BrIN6. The van der Waals surface area contributed by atoms with Crippen LogP contribution in [0, 0.1) is 0 Å². The number of aromatic nitrogens is 2. The summed E-state index contributed by atoms with van der Waals surface area (Å²) in [6.07, 6.45) is 6.14. The molecule has 28 heavy (non-hydrogen) atoms. The van der Waals surface area contributed by atoms with E-state index in [0.717, 1.165) is 55.0 Å². The molecule has 0 radical (unpaired) electrons. The summed E-state index contributed by atoms with van der Waals surface area (Å²) in [6.45, 7) is 6.84. The molecule has 2 heterocycles. The van der Waals surface area contributed by atoms with Gasteiger partial charge in [-0.25, -0.2) is 4.99 Å². The summed E-state index contributed by atoms with van der Waals surface area (Å²) in [5, 5.41) is 11.2. The van der Waals surface area contributed by atoms with Crippen LogP contribution in [-0.2, 0) is 20.1 Å². The van der Waals surface area contributed by atoms with Gasteiger partial charge in [0, 0.05) is 55.5 Å². The third kappa shape index (κ3) is 7.36. The highest BCUT2D eigenvalue weighted by Gasteiger charge is 2.20. The van der Waals surface area contributed by atoms with E-state index in [1.54, 1.807) is 0 Å². The summed E-state index contributed by atoms with van der Waals surface area (Å²) in [7, 11) is 1.93. The number of benzene rings is 1. The average Bonchev–Trinajstić information content (AvgIpc) is 3.09. The first-order chi connectivity index (χ1) is 13.1. The van der Waals surface area contributed by atoms with E-state index in [-0.39, 0.29) is 24.0 Å². The second-order valence-corrected chi connectivity index (χ2v) is 7.95. The van der Waals surface area contributed by atoms with E-state index in [2.05, 4.69) is 67.8 Å². The van der Waals surface area contributed by atoms with E-state index in [9.17, 15) is 0 Å². The van der Waals surface area contributed by atoms with Gasteiger partial charge in [-0.3, -0.25) is 9.58 Å². The van der Waals surface area contributed by atoms with Crippen LogP contribution < -0.4 is 10.6 Å². The monoisotopic (exact) mass is 560 g/mol. The van der Waals surface area contributed by atoms with Gasteiger partial charge in [0.15, 0.2) is 5.96 Å². The summed E-state index contributed by atoms with van der Waals surface area (Å²) >= 11 is 3.50. The zero-order valence-electron chi connectivity index (χ0n) is 16.6. The summed E-state index contributed by atoms with van der Waals surface area (Å²) in [4.78, 5) is 7.24. The van der Waals surface area contributed by atoms with Gasteiger partial charge in [-0.05, 0) is 37.5 Å². The quantitative estimate of drug-likeness (QED) is 0.322. The Hall–Kier alpha value is -1.13. The van der Waals surface area contributed by atoms with Crippen molar-refractivity contribution in [2.75, 3.05) is 19.6 Å². The number of hydrogen-bond donors (Lipinski definition) is 2. The molecule has 1 fully saturated rings. The molecule has 0 bridgehead atoms. The first kappa shape index (κ1) is 23.2. The van der Waals surface area contributed by atoms with Gasteiger partial charge >= 0.3 is 0 Å². The number of aryl methyl sites for hydroxylation is 1. The minimum absolute atomic E-state index is 0. The lowest BCUT2D eigenvalue weighted by Gasteiger charge is -2.33. The van der Waals surface area contributed by atoms with Gasteiger partial charge < -0.3 is 10.6 Å². The lowest BCUT2D eigenvalue weighted by Crippen LogP contribution is -2.48. The number of halogens is 2. The second-order valence-electron chi connectivity index (χ2n) is 7.04. The standard InChI is InChI=1S/C20H29BrN6.HI/c1-3-22-20(23-12-17-13-24-26(2)14-17)25-19-8-10-27(11-9-19)15-16-4-6-18(21)7-5-16;/h4-7,13-14,19H,3,8-12,15H2,1-2H3,(H2,22,23,25);1H. The number of nitrogens with zero attached hydrogens (tertiary/aromatic N) is 4. The molecule has 154 valence electrons. The number of guanidine groups is 1. The van der Waals surface area contributed by atoms with E-state index < -0.39 is 0 Å². The highest BCUT2D eigenvalue weighted by Crippen LogP contribution is 2.16. The van der Waals surface area contributed by atoms with Gasteiger partial charge in [-0.2, -0.15) is 5.10 Å². The molecule has 1 aliphatic heterocycles. The molecule has 3 rings (SSSR count). The van der Waals surface area contributed by atoms with Crippen molar-refractivity contribution in [3.63, 3.8) is 0 Å². The zero-order chi connectivity index (χ0) is 19.1. The highest BCUT2D eigenvalue weighted by atomic mass is 127. The number of nitrogens with one attached hydrogen (secondary N) is 2. The summed E-state index contributed by atoms with van der Waals surface area (Å²) in [6, 6.07) is 9.10. The molecule has 1 saturated heterocycles.